The minimum atomic E-state index is -3.85. The molecular weight excluding hydrogens is 472 g/mol. The zero-order chi connectivity index (χ0) is 23.1. The van der Waals surface area contributed by atoms with E-state index in [-0.39, 0.29) is 34.7 Å². The van der Waals surface area contributed by atoms with Gasteiger partial charge in [-0.15, -0.1) is 12.4 Å². The van der Waals surface area contributed by atoms with Gasteiger partial charge >= 0.3 is 0 Å². The van der Waals surface area contributed by atoms with E-state index >= 15 is 0 Å². The molecule has 0 bridgehead atoms. The lowest BCUT2D eigenvalue weighted by Gasteiger charge is -2.32. The van der Waals surface area contributed by atoms with Gasteiger partial charge in [0.2, 0.25) is 5.91 Å². The fourth-order valence-electron chi connectivity index (χ4n) is 5.49. The Balaban J connectivity index is 0.00000274. The van der Waals surface area contributed by atoms with Crippen LogP contribution < -0.4 is 10.6 Å². The molecule has 2 atom stereocenters. The summed E-state index contributed by atoms with van der Waals surface area (Å²) in [6, 6.07) is 11.1. The van der Waals surface area contributed by atoms with Crippen LogP contribution in [0.3, 0.4) is 0 Å². The molecule has 2 fully saturated rings. The van der Waals surface area contributed by atoms with E-state index < -0.39 is 16.1 Å². The van der Waals surface area contributed by atoms with Crippen molar-refractivity contribution in [1.82, 2.24) is 19.6 Å². The number of nitrogens with zero attached hydrogens (tertiary/aromatic N) is 2. The standard InChI is InChI=1S/C25H30N4O3S.ClH/c1-18(28-24(30)21-15-25(17-27-21)11-6-3-7-12-25)23-14-19-16-26-13-10-22(19)29(23)33(31,32)20-8-4-2-5-9-20;/h2,4-5,8-10,13-14,16,18,21,27H,3,6-7,11-12,15,17H2,1H3,(H,28,30);1H/t18-,21?;/m1./s1. The van der Waals surface area contributed by atoms with E-state index in [1.54, 1.807) is 54.9 Å². The largest absolute Gasteiger partial charge is 0.347 e. The smallest absolute Gasteiger partial charge is 0.268 e. The molecule has 1 aromatic carbocycles. The number of rotatable bonds is 5. The fourth-order valence-corrected chi connectivity index (χ4v) is 7.12. The van der Waals surface area contributed by atoms with Gasteiger partial charge in [0.25, 0.3) is 10.0 Å². The number of nitrogens with one attached hydrogen (secondary N) is 2. The average Bonchev–Trinajstić information content (AvgIpc) is 3.42. The summed E-state index contributed by atoms with van der Waals surface area (Å²) in [5, 5.41) is 7.22. The van der Waals surface area contributed by atoms with Crippen LogP contribution in [0.15, 0.2) is 59.8 Å². The van der Waals surface area contributed by atoms with Gasteiger partial charge in [0.15, 0.2) is 0 Å². The van der Waals surface area contributed by atoms with E-state index in [2.05, 4.69) is 15.6 Å². The number of hydrogen-bond acceptors (Lipinski definition) is 5. The minimum absolute atomic E-state index is 0. The van der Waals surface area contributed by atoms with E-state index in [4.69, 9.17) is 0 Å². The second-order valence-corrected chi connectivity index (χ2v) is 11.3. The summed E-state index contributed by atoms with van der Waals surface area (Å²) in [5.74, 6) is -0.0722. The molecule has 0 radical (unpaired) electrons. The highest BCUT2D eigenvalue weighted by Gasteiger charge is 2.42. The van der Waals surface area contributed by atoms with E-state index in [0.717, 1.165) is 13.0 Å². The highest BCUT2D eigenvalue weighted by molar-refractivity contribution is 7.90. The first-order chi connectivity index (χ1) is 15.9. The molecule has 3 heterocycles. The molecule has 182 valence electrons. The first kappa shape index (κ1) is 24.7. The number of carbonyl (C=O) groups excluding carboxylic acids is 1. The maximum atomic E-state index is 13.6. The summed E-state index contributed by atoms with van der Waals surface area (Å²) in [6.45, 7) is 2.72. The number of hydrogen-bond donors (Lipinski definition) is 2. The SMILES string of the molecule is C[C@@H](NC(=O)C1CC2(CCCCC2)CN1)c1cc2cnccc2n1S(=O)(=O)c1ccccc1.Cl. The Morgan fingerprint density at radius 3 is 2.65 bits per heavy atom. The van der Waals surface area contributed by atoms with Gasteiger partial charge in [-0.25, -0.2) is 12.4 Å². The lowest BCUT2D eigenvalue weighted by molar-refractivity contribution is -0.123. The molecule has 1 unspecified atom stereocenters. The van der Waals surface area contributed by atoms with Crippen LogP contribution in [-0.4, -0.2) is 35.9 Å². The van der Waals surface area contributed by atoms with Crippen LogP contribution in [0.4, 0.5) is 0 Å². The number of carbonyl (C=O) groups is 1. The molecule has 1 aliphatic carbocycles. The third-order valence-electron chi connectivity index (χ3n) is 7.26. The third-order valence-corrected chi connectivity index (χ3v) is 9.02. The van der Waals surface area contributed by atoms with E-state index in [0.29, 0.717) is 16.6 Å². The second kappa shape index (κ2) is 9.68. The van der Waals surface area contributed by atoms with Crippen molar-refractivity contribution in [3.8, 4) is 0 Å². The molecule has 3 aromatic rings. The molecule has 2 aliphatic rings. The average molecular weight is 503 g/mol. The van der Waals surface area contributed by atoms with Gasteiger partial charge in [-0.3, -0.25) is 9.78 Å². The predicted molar refractivity (Wildman–Crippen MR) is 134 cm³/mol. The van der Waals surface area contributed by atoms with Crippen LogP contribution >= 0.6 is 12.4 Å². The lowest BCUT2D eigenvalue weighted by atomic mass is 9.72. The first-order valence-electron chi connectivity index (χ1n) is 11.7. The summed E-state index contributed by atoms with van der Waals surface area (Å²) in [4.78, 5) is 17.5. The van der Waals surface area contributed by atoms with Crippen LogP contribution in [0.1, 0.15) is 57.2 Å². The Kier molecular flexibility index (Phi) is 7.03. The van der Waals surface area contributed by atoms with Crippen molar-refractivity contribution in [3.63, 3.8) is 0 Å². The number of fused-ring (bicyclic) bond motifs is 1. The number of benzene rings is 1. The molecule has 2 aromatic heterocycles. The number of aromatic nitrogens is 2. The zero-order valence-corrected chi connectivity index (χ0v) is 20.9. The Labute approximate surface area is 206 Å². The summed E-state index contributed by atoms with van der Waals surface area (Å²) in [5.41, 5.74) is 1.30. The molecule has 5 rings (SSSR count). The second-order valence-electron chi connectivity index (χ2n) is 9.51. The molecular formula is C25H31ClN4O3S. The molecule has 2 N–H and O–H groups in total. The Bertz CT molecular complexity index is 1270. The fraction of sp³-hybridized carbons (Fsp3) is 0.440. The van der Waals surface area contributed by atoms with Gasteiger partial charge in [0.1, 0.15) is 0 Å². The number of halogens is 1. The predicted octanol–water partition coefficient (Wildman–Crippen LogP) is 4.18. The van der Waals surface area contributed by atoms with Crippen LogP contribution in [0.2, 0.25) is 0 Å². The van der Waals surface area contributed by atoms with Gasteiger partial charge in [0, 0.05) is 24.3 Å². The van der Waals surface area contributed by atoms with Gasteiger partial charge in [-0.2, -0.15) is 0 Å². The van der Waals surface area contributed by atoms with Crippen LogP contribution in [-0.2, 0) is 14.8 Å². The molecule has 1 saturated carbocycles. The maximum Gasteiger partial charge on any atom is 0.268 e. The number of pyridine rings is 1. The maximum absolute atomic E-state index is 13.6. The highest BCUT2D eigenvalue weighted by atomic mass is 35.5. The summed E-state index contributed by atoms with van der Waals surface area (Å²) < 4.78 is 28.5. The molecule has 1 spiro atoms. The number of amides is 1. The molecule has 1 amide bonds. The summed E-state index contributed by atoms with van der Waals surface area (Å²) in [7, 11) is -3.85. The molecule has 7 nitrogen and oxygen atoms in total. The van der Waals surface area contributed by atoms with Gasteiger partial charge in [-0.05, 0) is 55.9 Å². The van der Waals surface area contributed by atoms with E-state index in [1.165, 1.54) is 36.1 Å². The van der Waals surface area contributed by atoms with Crippen molar-refractivity contribution in [3.05, 3.63) is 60.6 Å². The molecule has 9 heteroatoms. The Morgan fingerprint density at radius 2 is 1.91 bits per heavy atom. The molecule has 34 heavy (non-hydrogen) atoms. The van der Waals surface area contributed by atoms with Crippen LogP contribution in [0.5, 0.6) is 0 Å². The van der Waals surface area contributed by atoms with Crippen molar-refractivity contribution >= 4 is 39.2 Å². The molecule has 1 aliphatic heterocycles. The van der Waals surface area contributed by atoms with Crippen molar-refractivity contribution in [2.45, 2.75) is 62.4 Å². The highest BCUT2D eigenvalue weighted by Crippen LogP contribution is 2.43. The zero-order valence-electron chi connectivity index (χ0n) is 19.2. The van der Waals surface area contributed by atoms with Gasteiger partial charge < -0.3 is 10.6 Å². The van der Waals surface area contributed by atoms with Crippen molar-refractivity contribution in [2.75, 3.05) is 6.54 Å². The quantitative estimate of drug-likeness (QED) is 0.545. The van der Waals surface area contributed by atoms with Crippen LogP contribution in [0, 0.1) is 5.41 Å². The first-order valence-corrected chi connectivity index (χ1v) is 13.1. The Morgan fingerprint density at radius 1 is 1.18 bits per heavy atom. The monoisotopic (exact) mass is 502 g/mol. The summed E-state index contributed by atoms with van der Waals surface area (Å²) in [6.07, 6.45) is 10.2. The molecule has 1 saturated heterocycles. The topological polar surface area (TPSA) is 93.1 Å². The van der Waals surface area contributed by atoms with Crippen molar-refractivity contribution < 1.29 is 13.2 Å². The third kappa shape index (κ3) is 4.46. The van der Waals surface area contributed by atoms with Crippen molar-refractivity contribution in [2.24, 2.45) is 5.41 Å². The minimum Gasteiger partial charge on any atom is -0.347 e. The van der Waals surface area contributed by atoms with E-state index in [1.807, 2.05) is 6.92 Å². The normalized spacial score (nSPS) is 20.7. The Hall–Kier alpha value is -2.42. The van der Waals surface area contributed by atoms with Gasteiger partial charge in [-0.1, -0.05) is 37.5 Å². The van der Waals surface area contributed by atoms with Gasteiger partial charge in [0.05, 0.1) is 28.2 Å². The lowest BCUT2D eigenvalue weighted by Crippen LogP contribution is -2.42. The van der Waals surface area contributed by atoms with Crippen LogP contribution in [0.25, 0.3) is 10.9 Å². The summed E-state index contributed by atoms with van der Waals surface area (Å²) >= 11 is 0. The van der Waals surface area contributed by atoms with E-state index in [9.17, 15) is 13.2 Å². The van der Waals surface area contributed by atoms with Crippen molar-refractivity contribution in [1.29, 1.82) is 0 Å².